The van der Waals surface area contributed by atoms with Crippen LogP contribution in [0.25, 0.3) is 0 Å². The standard InChI is InChI=1S/C20H41N/c1-5-7-9-11-13-17-20(4,16-12-10-8-6-2)21-18-14-15-19(21)3/h19H,5-18H2,1-4H3. The summed E-state index contributed by atoms with van der Waals surface area (Å²) in [5.41, 5.74) is 0.482. The molecule has 1 heterocycles. The minimum Gasteiger partial charge on any atom is -0.295 e. The molecule has 0 spiro atoms. The summed E-state index contributed by atoms with van der Waals surface area (Å²) in [5.74, 6) is 0. The Bertz CT molecular complexity index is 250. The van der Waals surface area contributed by atoms with Gasteiger partial charge in [0.15, 0.2) is 0 Å². The van der Waals surface area contributed by atoms with E-state index >= 15 is 0 Å². The van der Waals surface area contributed by atoms with Crippen LogP contribution < -0.4 is 0 Å². The van der Waals surface area contributed by atoms with E-state index in [9.17, 15) is 0 Å². The lowest BCUT2D eigenvalue weighted by atomic mass is 9.86. The van der Waals surface area contributed by atoms with Crippen LogP contribution >= 0.6 is 0 Å². The Morgan fingerprint density at radius 1 is 0.857 bits per heavy atom. The fourth-order valence-corrected chi connectivity index (χ4v) is 4.19. The highest BCUT2D eigenvalue weighted by atomic mass is 15.2. The normalized spacial score (nSPS) is 22.6. The molecule has 126 valence electrons. The number of unbranched alkanes of at least 4 members (excludes halogenated alkanes) is 7. The molecule has 0 aromatic heterocycles. The predicted octanol–water partition coefficient (Wildman–Crippen LogP) is 6.56. The summed E-state index contributed by atoms with van der Waals surface area (Å²) in [5, 5.41) is 0. The molecule has 0 aliphatic carbocycles. The lowest BCUT2D eigenvalue weighted by molar-refractivity contribution is 0.0738. The number of hydrogen-bond acceptors (Lipinski definition) is 1. The van der Waals surface area contributed by atoms with E-state index in [0.29, 0.717) is 5.54 Å². The first-order valence-corrected chi connectivity index (χ1v) is 9.90. The molecule has 0 amide bonds. The van der Waals surface area contributed by atoms with E-state index in [0.717, 1.165) is 6.04 Å². The van der Waals surface area contributed by atoms with Crippen LogP contribution in [0.2, 0.25) is 0 Å². The minimum atomic E-state index is 0.482. The zero-order valence-corrected chi connectivity index (χ0v) is 15.4. The molecule has 1 saturated heterocycles. The minimum absolute atomic E-state index is 0.482. The Morgan fingerprint density at radius 2 is 1.38 bits per heavy atom. The Hall–Kier alpha value is -0.0400. The van der Waals surface area contributed by atoms with Crippen LogP contribution in [0, 0.1) is 0 Å². The van der Waals surface area contributed by atoms with Crippen molar-refractivity contribution in [2.75, 3.05) is 6.54 Å². The molecule has 1 fully saturated rings. The van der Waals surface area contributed by atoms with E-state index in [1.165, 1.54) is 90.0 Å². The summed E-state index contributed by atoms with van der Waals surface area (Å²) in [6.45, 7) is 11.0. The maximum atomic E-state index is 2.86. The van der Waals surface area contributed by atoms with E-state index in [4.69, 9.17) is 0 Å². The first-order chi connectivity index (χ1) is 10.1. The van der Waals surface area contributed by atoms with Gasteiger partial charge in [-0.05, 0) is 46.1 Å². The van der Waals surface area contributed by atoms with Gasteiger partial charge in [0, 0.05) is 11.6 Å². The lowest BCUT2D eigenvalue weighted by Gasteiger charge is -2.42. The molecule has 0 saturated carbocycles. The summed E-state index contributed by atoms with van der Waals surface area (Å²) in [6.07, 6.45) is 18.4. The Morgan fingerprint density at radius 3 is 1.86 bits per heavy atom. The van der Waals surface area contributed by atoms with Crippen molar-refractivity contribution in [2.24, 2.45) is 0 Å². The average molecular weight is 296 g/mol. The fourth-order valence-electron chi connectivity index (χ4n) is 4.19. The van der Waals surface area contributed by atoms with Crippen molar-refractivity contribution in [3.63, 3.8) is 0 Å². The predicted molar refractivity (Wildman–Crippen MR) is 95.9 cm³/mol. The van der Waals surface area contributed by atoms with Crippen LogP contribution in [0.15, 0.2) is 0 Å². The molecule has 1 rings (SSSR count). The molecule has 0 radical (unpaired) electrons. The molecule has 0 aromatic carbocycles. The van der Waals surface area contributed by atoms with Crippen molar-refractivity contribution in [2.45, 2.75) is 123 Å². The summed E-state index contributed by atoms with van der Waals surface area (Å²) < 4.78 is 0. The van der Waals surface area contributed by atoms with Crippen molar-refractivity contribution in [1.82, 2.24) is 4.90 Å². The molecule has 0 N–H and O–H groups in total. The van der Waals surface area contributed by atoms with Crippen molar-refractivity contribution in [3.8, 4) is 0 Å². The molecule has 1 nitrogen and oxygen atoms in total. The van der Waals surface area contributed by atoms with Crippen molar-refractivity contribution in [1.29, 1.82) is 0 Å². The highest BCUT2D eigenvalue weighted by molar-refractivity contribution is 4.92. The number of nitrogens with zero attached hydrogens (tertiary/aromatic N) is 1. The smallest absolute Gasteiger partial charge is 0.0184 e. The van der Waals surface area contributed by atoms with Gasteiger partial charge in [0.2, 0.25) is 0 Å². The van der Waals surface area contributed by atoms with Crippen LogP contribution in [0.1, 0.15) is 111 Å². The third-order valence-corrected chi connectivity index (χ3v) is 5.63. The van der Waals surface area contributed by atoms with Gasteiger partial charge < -0.3 is 0 Å². The van der Waals surface area contributed by atoms with Gasteiger partial charge in [0.05, 0.1) is 0 Å². The van der Waals surface area contributed by atoms with Crippen LogP contribution in [0.4, 0.5) is 0 Å². The van der Waals surface area contributed by atoms with Gasteiger partial charge in [-0.25, -0.2) is 0 Å². The topological polar surface area (TPSA) is 3.24 Å². The molecule has 1 aliphatic rings. The summed E-state index contributed by atoms with van der Waals surface area (Å²) in [7, 11) is 0. The maximum absolute atomic E-state index is 2.86. The maximum Gasteiger partial charge on any atom is 0.0184 e. The molecule has 1 aliphatic heterocycles. The van der Waals surface area contributed by atoms with Crippen molar-refractivity contribution >= 4 is 0 Å². The van der Waals surface area contributed by atoms with Gasteiger partial charge >= 0.3 is 0 Å². The van der Waals surface area contributed by atoms with Gasteiger partial charge in [-0.3, -0.25) is 4.90 Å². The Balaban J connectivity index is 2.43. The number of rotatable bonds is 12. The van der Waals surface area contributed by atoms with Gasteiger partial charge in [-0.2, -0.15) is 0 Å². The van der Waals surface area contributed by atoms with Gasteiger partial charge in [-0.15, -0.1) is 0 Å². The van der Waals surface area contributed by atoms with Crippen LogP contribution in [-0.4, -0.2) is 23.0 Å². The zero-order chi connectivity index (χ0) is 15.6. The van der Waals surface area contributed by atoms with E-state index in [1.54, 1.807) is 0 Å². The molecule has 0 aromatic rings. The average Bonchev–Trinajstić information content (AvgIpc) is 2.90. The molecular weight excluding hydrogens is 254 g/mol. The molecule has 1 heteroatoms. The van der Waals surface area contributed by atoms with Gasteiger partial charge in [0.1, 0.15) is 0 Å². The molecule has 21 heavy (non-hydrogen) atoms. The van der Waals surface area contributed by atoms with E-state index < -0.39 is 0 Å². The quantitative estimate of drug-likeness (QED) is 0.368. The van der Waals surface area contributed by atoms with Crippen molar-refractivity contribution in [3.05, 3.63) is 0 Å². The van der Waals surface area contributed by atoms with Gasteiger partial charge in [0.25, 0.3) is 0 Å². The monoisotopic (exact) mass is 295 g/mol. The first kappa shape index (κ1) is 19.0. The second kappa shape index (κ2) is 10.6. The SMILES string of the molecule is CCCCCCCC(C)(CCCCCC)N1CCCC1C. The Labute approximate surface area is 134 Å². The summed E-state index contributed by atoms with van der Waals surface area (Å²) in [6, 6.07) is 0.816. The summed E-state index contributed by atoms with van der Waals surface area (Å²) >= 11 is 0. The second-order valence-corrected chi connectivity index (χ2v) is 7.66. The number of hydrogen-bond donors (Lipinski definition) is 0. The first-order valence-electron chi connectivity index (χ1n) is 9.90. The van der Waals surface area contributed by atoms with Crippen LogP contribution in [-0.2, 0) is 0 Å². The molecular formula is C20H41N. The molecule has 2 unspecified atom stereocenters. The second-order valence-electron chi connectivity index (χ2n) is 7.66. The fraction of sp³-hybridized carbons (Fsp3) is 1.00. The third kappa shape index (κ3) is 6.72. The third-order valence-electron chi connectivity index (χ3n) is 5.63. The van der Waals surface area contributed by atoms with Crippen molar-refractivity contribution < 1.29 is 0 Å². The molecule has 2 atom stereocenters. The Kier molecular flexibility index (Phi) is 9.64. The molecule has 0 bridgehead atoms. The largest absolute Gasteiger partial charge is 0.295 e. The van der Waals surface area contributed by atoms with Gasteiger partial charge in [-0.1, -0.05) is 71.6 Å². The number of likely N-dealkylation sites (tertiary alicyclic amines) is 1. The summed E-state index contributed by atoms with van der Waals surface area (Å²) in [4.78, 5) is 2.86. The van der Waals surface area contributed by atoms with Crippen LogP contribution in [0.3, 0.4) is 0 Å². The lowest BCUT2D eigenvalue weighted by Crippen LogP contribution is -2.48. The highest BCUT2D eigenvalue weighted by Crippen LogP contribution is 2.35. The van der Waals surface area contributed by atoms with Crippen LogP contribution in [0.5, 0.6) is 0 Å². The van der Waals surface area contributed by atoms with E-state index in [-0.39, 0.29) is 0 Å². The zero-order valence-electron chi connectivity index (χ0n) is 15.4. The van der Waals surface area contributed by atoms with E-state index in [1.807, 2.05) is 0 Å². The van der Waals surface area contributed by atoms with E-state index in [2.05, 4.69) is 32.6 Å². The highest BCUT2D eigenvalue weighted by Gasteiger charge is 2.36.